The molecule has 0 amide bonds. The lowest BCUT2D eigenvalue weighted by atomic mass is 10.3. The van der Waals surface area contributed by atoms with Gasteiger partial charge >= 0.3 is 0 Å². The number of nitrogens with one attached hydrogen (secondary N) is 1. The van der Waals surface area contributed by atoms with E-state index in [1.165, 1.54) is 0 Å². The molecule has 0 saturated heterocycles. The second kappa shape index (κ2) is 6.77. The molecule has 0 spiro atoms. The second-order valence-corrected chi connectivity index (χ2v) is 5.57. The number of aromatic nitrogens is 2. The number of ether oxygens (including phenoxy) is 1. The van der Waals surface area contributed by atoms with Crippen LogP contribution in [0.4, 0.5) is 5.95 Å². The Labute approximate surface area is 125 Å². The second-order valence-electron chi connectivity index (χ2n) is 3.66. The van der Waals surface area contributed by atoms with Crippen molar-refractivity contribution in [1.82, 2.24) is 9.97 Å². The van der Waals surface area contributed by atoms with Crippen LogP contribution in [-0.2, 0) is 0 Å². The summed E-state index contributed by atoms with van der Waals surface area (Å²) in [6.07, 6.45) is 1.76. The van der Waals surface area contributed by atoms with Crippen molar-refractivity contribution in [3.8, 4) is 5.75 Å². The van der Waals surface area contributed by atoms with Crippen molar-refractivity contribution in [3.63, 3.8) is 0 Å². The standard InChI is InChI=1S/C13H14BrN3OS/c1-3-15-13-16-8-11(14)12(17-13)19-10-6-4-5-9(7-10)18-2/h4-8H,3H2,1-2H3,(H,15,16,17). The fourth-order valence-corrected chi connectivity index (χ4v) is 2.70. The van der Waals surface area contributed by atoms with Crippen LogP contribution in [0.2, 0.25) is 0 Å². The SMILES string of the molecule is CCNc1ncc(Br)c(Sc2cccc(OC)c2)n1. The quantitative estimate of drug-likeness (QED) is 0.838. The Balaban J connectivity index is 2.23. The van der Waals surface area contributed by atoms with E-state index in [2.05, 4.69) is 31.2 Å². The minimum absolute atomic E-state index is 0.635. The van der Waals surface area contributed by atoms with Crippen LogP contribution in [0.5, 0.6) is 5.75 Å². The number of methoxy groups -OCH3 is 1. The van der Waals surface area contributed by atoms with Gasteiger partial charge in [0.05, 0.1) is 11.6 Å². The van der Waals surface area contributed by atoms with Crippen LogP contribution in [0.15, 0.2) is 44.9 Å². The lowest BCUT2D eigenvalue weighted by Gasteiger charge is -2.07. The maximum absolute atomic E-state index is 5.21. The zero-order valence-corrected chi connectivity index (χ0v) is 13.1. The maximum Gasteiger partial charge on any atom is 0.223 e. The average Bonchev–Trinajstić information content (AvgIpc) is 2.43. The Morgan fingerprint density at radius 3 is 3.00 bits per heavy atom. The molecule has 100 valence electrons. The van der Waals surface area contributed by atoms with E-state index in [1.54, 1.807) is 25.1 Å². The van der Waals surface area contributed by atoms with Gasteiger partial charge in [0.25, 0.3) is 0 Å². The van der Waals surface area contributed by atoms with Gasteiger partial charge in [0.1, 0.15) is 10.8 Å². The molecule has 0 radical (unpaired) electrons. The van der Waals surface area contributed by atoms with Crippen LogP contribution in [0.25, 0.3) is 0 Å². The van der Waals surface area contributed by atoms with E-state index < -0.39 is 0 Å². The molecule has 0 atom stereocenters. The molecule has 2 rings (SSSR count). The van der Waals surface area contributed by atoms with Crippen molar-refractivity contribution in [1.29, 1.82) is 0 Å². The van der Waals surface area contributed by atoms with Crippen molar-refractivity contribution < 1.29 is 4.74 Å². The molecule has 2 aromatic rings. The first-order chi connectivity index (χ1) is 9.22. The van der Waals surface area contributed by atoms with E-state index >= 15 is 0 Å². The molecule has 0 fully saturated rings. The summed E-state index contributed by atoms with van der Waals surface area (Å²) in [4.78, 5) is 9.73. The number of rotatable bonds is 5. The van der Waals surface area contributed by atoms with E-state index in [9.17, 15) is 0 Å². The predicted octanol–water partition coefficient (Wildman–Crippen LogP) is 3.83. The van der Waals surface area contributed by atoms with Crippen molar-refractivity contribution in [3.05, 3.63) is 34.9 Å². The normalized spacial score (nSPS) is 10.3. The molecule has 1 N–H and O–H groups in total. The molecule has 0 saturated carbocycles. The highest BCUT2D eigenvalue weighted by Crippen LogP contribution is 2.33. The molecule has 0 bridgehead atoms. The van der Waals surface area contributed by atoms with E-state index in [0.717, 1.165) is 26.7 Å². The maximum atomic E-state index is 5.21. The Hall–Kier alpha value is -1.27. The van der Waals surface area contributed by atoms with Crippen molar-refractivity contribution in [2.45, 2.75) is 16.8 Å². The molecular formula is C13H14BrN3OS. The van der Waals surface area contributed by atoms with Crippen LogP contribution in [0.1, 0.15) is 6.92 Å². The highest BCUT2D eigenvalue weighted by molar-refractivity contribution is 9.10. The van der Waals surface area contributed by atoms with Gasteiger partial charge in [0.2, 0.25) is 5.95 Å². The molecule has 1 aromatic carbocycles. The molecule has 0 aliphatic carbocycles. The van der Waals surface area contributed by atoms with Gasteiger partial charge in [-0.15, -0.1) is 0 Å². The van der Waals surface area contributed by atoms with E-state index in [0.29, 0.717) is 5.95 Å². The molecule has 1 heterocycles. The molecule has 4 nitrogen and oxygen atoms in total. The van der Waals surface area contributed by atoms with Gasteiger partial charge < -0.3 is 10.1 Å². The van der Waals surface area contributed by atoms with Gasteiger partial charge in [-0.05, 0) is 41.1 Å². The molecule has 0 aliphatic heterocycles. The number of halogens is 1. The van der Waals surface area contributed by atoms with Crippen LogP contribution in [0.3, 0.4) is 0 Å². The van der Waals surface area contributed by atoms with E-state index in [-0.39, 0.29) is 0 Å². The first-order valence-corrected chi connectivity index (χ1v) is 7.42. The predicted molar refractivity (Wildman–Crippen MR) is 81.0 cm³/mol. The van der Waals surface area contributed by atoms with E-state index in [1.807, 2.05) is 31.2 Å². The molecule has 1 aromatic heterocycles. The lowest BCUT2D eigenvalue weighted by Crippen LogP contribution is -2.02. The Bertz CT molecular complexity index is 565. The monoisotopic (exact) mass is 339 g/mol. The number of hydrogen-bond donors (Lipinski definition) is 1. The van der Waals surface area contributed by atoms with Gasteiger partial charge in [-0.1, -0.05) is 17.8 Å². The van der Waals surface area contributed by atoms with E-state index in [4.69, 9.17) is 4.74 Å². The summed E-state index contributed by atoms with van der Waals surface area (Å²) >= 11 is 5.04. The van der Waals surface area contributed by atoms with Crippen molar-refractivity contribution in [2.24, 2.45) is 0 Å². The van der Waals surface area contributed by atoms with Gasteiger partial charge in [0, 0.05) is 17.6 Å². The van der Waals surface area contributed by atoms with Gasteiger partial charge in [-0.25, -0.2) is 9.97 Å². The third-order valence-electron chi connectivity index (χ3n) is 2.30. The largest absolute Gasteiger partial charge is 0.497 e. The van der Waals surface area contributed by atoms with Crippen LogP contribution < -0.4 is 10.1 Å². The topological polar surface area (TPSA) is 47.0 Å². The van der Waals surface area contributed by atoms with Crippen molar-refractivity contribution in [2.75, 3.05) is 19.0 Å². The lowest BCUT2D eigenvalue weighted by molar-refractivity contribution is 0.413. The molecule has 0 unspecified atom stereocenters. The van der Waals surface area contributed by atoms with Crippen LogP contribution in [-0.4, -0.2) is 23.6 Å². The summed E-state index contributed by atoms with van der Waals surface area (Å²) in [5.41, 5.74) is 0. The minimum atomic E-state index is 0.635. The zero-order chi connectivity index (χ0) is 13.7. The number of hydrogen-bond acceptors (Lipinski definition) is 5. The first kappa shape index (κ1) is 14.1. The van der Waals surface area contributed by atoms with Gasteiger partial charge in [0.15, 0.2) is 0 Å². The highest BCUT2D eigenvalue weighted by Gasteiger charge is 2.07. The number of anilines is 1. The van der Waals surface area contributed by atoms with Crippen LogP contribution >= 0.6 is 27.7 Å². The summed E-state index contributed by atoms with van der Waals surface area (Å²) in [7, 11) is 1.66. The fraction of sp³-hybridized carbons (Fsp3) is 0.231. The Kier molecular flexibility index (Phi) is 5.04. The number of nitrogens with zero attached hydrogens (tertiary/aromatic N) is 2. The zero-order valence-electron chi connectivity index (χ0n) is 10.7. The summed E-state index contributed by atoms with van der Waals surface area (Å²) in [6, 6.07) is 7.88. The number of benzene rings is 1. The molecule has 19 heavy (non-hydrogen) atoms. The Morgan fingerprint density at radius 2 is 2.26 bits per heavy atom. The molecule has 0 aliphatic rings. The van der Waals surface area contributed by atoms with Crippen LogP contribution in [0, 0.1) is 0 Å². The average molecular weight is 340 g/mol. The summed E-state index contributed by atoms with van der Waals surface area (Å²) in [5.74, 6) is 1.47. The van der Waals surface area contributed by atoms with Gasteiger partial charge in [-0.3, -0.25) is 0 Å². The molecule has 6 heteroatoms. The summed E-state index contributed by atoms with van der Waals surface area (Å²) < 4.78 is 6.09. The highest BCUT2D eigenvalue weighted by atomic mass is 79.9. The minimum Gasteiger partial charge on any atom is -0.497 e. The van der Waals surface area contributed by atoms with Crippen molar-refractivity contribution >= 4 is 33.6 Å². The van der Waals surface area contributed by atoms with Gasteiger partial charge in [-0.2, -0.15) is 0 Å². The first-order valence-electron chi connectivity index (χ1n) is 5.81. The molecular weight excluding hydrogens is 326 g/mol. The fourth-order valence-electron chi connectivity index (χ4n) is 1.44. The summed E-state index contributed by atoms with van der Waals surface area (Å²) in [5, 5.41) is 3.98. The Morgan fingerprint density at radius 1 is 1.42 bits per heavy atom. The summed E-state index contributed by atoms with van der Waals surface area (Å²) in [6.45, 7) is 2.81. The third-order valence-corrected chi connectivity index (χ3v) is 4.14. The smallest absolute Gasteiger partial charge is 0.223 e. The third kappa shape index (κ3) is 3.84.